The number of nitrogens with zero attached hydrogens (tertiary/aromatic N) is 3. The zero-order valence-electron chi connectivity index (χ0n) is 15.9. The molecule has 0 aliphatic carbocycles. The largest absolute Gasteiger partial charge is 0.385 e. The molecule has 1 aromatic carbocycles. The van der Waals surface area contributed by atoms with Crippen molar-refractivity contribution in [3.8, 4) is 5.69 Å². The quantitative estimate of drug-likeness (QED) is 0.457. The normalized spacial score (nSPS) is 11.8. The summed E-state index contributed by atoms with van der Waals surface area (Å²) in [6, 6.07) is 12.2. The first-order chi connectivity index (χ1) is 13.9. The first-order valence-electron chi connectivity index (χ1n) is 8.93. The summed E-state index contributed by atoms with van der Waals surface area (Å²) in [5, 5.41) is 3.09. The fraction of sp³-hybridized carbons (Fsp3) is 0.200. The van der Waals surface area contributed by atoms with Gasteiger partial charge in [-0.2, -0.15) is 4.98 Å². The highest BCUT2D eigenvalue weighted by molar-refractivity contribution is 8.00. The van der Waals surface area contributed by atoms with Crippen molar-refractivity contribution in [3.05, 3.63) is 69.6 Å². The molecule has 0 spiro atoms. The Morgan fingerprint density at radius 1 is 1.31 bits per heavy atom. The molecule has 3 N–H and O–H groups in total. The predicted molar refractivity (Wildman–Crippen MR) is 117 cm³/mol. The Labute approximate surface area is 177 Å². The number of nitrogens with one attached hydrogen (secondary N) is 1. The summed E-state index contributed by atoms with van der Waals surface area (Å²) in [5.41, 5.74) is 7.47. The van der Waals surface area contributed by atoms with E-state index in [0.29, 0.717) is 22.4 Å². The number of hydrogen-bond donors (Lipinski definition) is 2. The van der Waals surface area contributed by atoms with Gasteiger partial charge in [-0.1, -0.05) is 42.4 Å². The van der Waals surface area contributed by atoms with Crippen molar-refractivity contribution >= 4 is 40.9 Å². The number of benzene rings is 1. The second kappa shape index (κ2) is 9.11. The molecule has 0 saturated heterocycles. The van der Waals surface area contributed by atoms with Gasteiger partial charge < -0.3 is 11.1 Å². The second-order valence-electron chi connectivity index (χ2n) is 6.34. The van der Waals surface area contributed by atoms with Gasteiger partial charge in [-0.3, -0.25) is 14.2 Å². The maximum atomic E-state index is 12.8. The number of aryl methyl sites for hydroxylation is 1. The maximum absolute atomic E-state index is 12.8. The number of nitrogen functional groups attached to an aromatic ring is 1. The van der Waals surface area contributed by atoms with Crippen molar-refractivity contribution in [1.29, 1.82) is 0 Å². The summed E-state index contributed by atoms with van der Waals surface area (Å²) < 4.78 is 1.68. The predicted octanol–water partition coefficient (Wildman–Crippen LogP) is 3.68. The molecule has 1 atom stereocenters. The molecule has 0 unspecified atom stereocenters. The summed E-state index contributed by atoms with van der Waals surface area (Å²) in [6.45, 7) is 3.85. The summed E-state index contributed by atoms with van der Waals surface area (Å²) >= 11 is 7.01. The van der Waals surface area contributed by atoms with Crippen LogP contribution in [-0.2, 0) is 4.79 Å². The van der Waals surface area contributed by atoms with Crippen molar-refractivity contribution in [3.63, 3.8) is 0 Å². The number of carbonyl (C=O) groups excluding carboxylic acids is 1. The molecule has 3 rings (SSSR count). The molecule has 0 fully saturated rings. The van der Waals surface area contributed by atoms with E-state index in [2.05, 4.69) is 15.3 Å². The van der Waals surface area contributed by atoms with Crippen LogP contribution in [0.1, 0.15) is 18.9 Å². The van der Waals surface area contributed by atoms with E-state index in [-0.39, 0.29) is 11.7 Å². The van der Waals surface area contributed by atoms with Crippen LogP contribution in [0.25, 0.3) is 5.69 Å². The number of halogens is 1. The molecule has 2 aromatic heterocycles. The van der Waals surface area contributed by atoms with Gasteiger partial charge in [0.1, 0.15) is 11.6 Å². The first kappa shape index (κ1) is 20.9. The minimum Gasteiger partial charge on any atom is -0.385 e. The second-order valence-corrected chi connectivity index (χ2v) is 7.95. The molecule has 3 aromatic rings. The van der Waals surface area contributed by atoms with Crippen LogP contribution >= 0.6 is 23.4 Å². The summed E-state index contributed by atoms with van der Waals surface area (Å²) in [5.74, 6) is 0.405. The maximum Gasteiger partial charge on any atom is 0.275 e. The minimum absolute atomic E-state index is 0.250. The van der Waals surface area contributed by atoms with Crippen molar-refractivity contribution in [1.82, 2.24) is 14.5 Å². The zero-order valence-corrected chi connectivity index (χ0v) is 17.5. The Kier molecular flexibility index (Phi) is 6.56. The average Bonchev–Trinajstić information content (AvgIpc) is 2.67. The molecular formula is C20H20ClN5O2S. The molecule has 9 heteroatoms. The smallest absolute Gasteiger partial charge is 0.275 e. The van der Waals surface area contributed by atoms with E-state index in [1.54, 1.807) is 16.7 Å². The zero-order chi connectivity index (χ0) is 21.0. The van der Waals surface area contributed by atoms with Gasteiger partial charge in [0.05, 0.1) is 10.3 Å². The number of nitrogens with two attached hydrogens (primary N) is 1. The van der Waals surface area contributed by atoms with E-state index in [1.807, 2.05) is 38.1 Å². The van der Waals surface area contributed by atoms with Crippen LogP contribution in [0.2, 0.25) is 5.02 Å². The van der Waals surface area contributed by atoms with Gasteiger partial charge in [0.15, 0.2) is 5.16 Å². The fourth-order valence-electron chi connectivity index (χ4n) is 2.69. The van der Waals surface area contributed by atoms with E-state index >= 15 is 0 Å². The van der Waals surface area contributed by atoms with Gasteiger partial charge in [0, 0.05) is 18.0 Å². The fourth-order valence-corrected chi connectivity index (χ4v) is 3.85. The Morgan fingerprint density at radius 2 is 2.10 bits per heavy atom. The Hall–Kier alpha value is -2.84. The third-order valence-corrected chi connectivity index (χ3v) is 5.62. The van der Waals surface area contributed by atoms with Gasteiger partial charge in [-0.15, -0.1) is 0 Å². The lowest BCUT2D eigenvalue weighted by atomic mass is 10.2. The SMILES string of the molecule is CC[C@H](Sc1nc(=O)cc(N)n1-c1cccc(C)c1)C(=O)Nc1ccc(Cl)cn1. The van der Waals surface area contributed by atoms with Crippen LogP contribution < -0.4 is 16.6 Å². The number of thioether (sulfide) groups is 1. The van der Waals surface area contributed by atoms with Gasteiger partial charge in [0.2, 0.25) is 5.91 Å². The standard InChI is InChI=1S/C20H20ClN5O2S/c1-3-15(19(28)24-17-8-7-13(21)11-23-17)29-20-25-18(27)10-16(22)26(20)14-6-4-5-12(2)9-14/h4-11,15H,3,22H2,1-2H3,(H,23,24,28)/t15-/m0/s1. The molecular weight excluding hydrogens is 410 g/mol. The van der Waals surface area contributed by atoms with Gasteiger partial charge >= 0.3 is 0 Å². The van der Waals surface area contributed by atoms with Crippen LogP contribution in [0.4, 0.5) is 11.6 Å². The van der Waals surface area contributed by atoms with Crippen molar-refractivity contribution in [2.75, 3.05) is 11.1 Å². The lowest BCUT2D eigenvalue weighted by Gasteiger charge is -2.19. The van der Waals surface area contributed by atoms with Crippen molar-refractivity contribution in [2.24, 2.45) is 0 Å². The molecule has 2 heterocycles. The Morgan fingerprint density at radius 3 is 2.76 bits per heavy atom. The highest BCUT2D eigenvalue weighted by Gasteiger charge is 2.22. The average molecular weight is 430 g/mol. The van der Waals surface area contributed by atoms with E-state index in [4.69, 9.17) is 17.3 Å². The minimum atomic E-state index is -0.503. The van der Waals surface area contributed by atoms with Crippen molar-refractivity contribution < 1.29 is 4.79 Å². The molecule has 1 amide bonds. The third kappa shape index (κ3) is 5.16. The molecule has 150 valence electrons. The van der Waals surface area contributed by atoms with Gasteiger partial charge in [-0.05, 0) is 43.2 Å². The number of aromatic nitrogens is 3. The molecule has 0 saturated carbocycles. The Bertz CT molecular complexity index is 1080. The Balaban J connectivity index is 1.91. The van der Waals surface area contributed by atoms with Gasteiger partial charge in [0.25, 0.3) is 5.56 Å². The number of pyridine rings is 1. The molecule has 29 heavy (non-hydrogen) atoms. The summed E-state index contributed by atoms with van der Waals surface area (Å²) in [6.07, 6.45) is 1.97. The third-order valence-electron chi connectivity index (χ3n) is 4.08. The lowest BCUT2D eigenvalue weighted by molar-refractivity contribution is -0.115. The summed E-state index contributed by atoms with van der Waals surface area (Å²) in [4.78, 5) is 32.9. The summed E-state index contributed by atoms with van der Waals surface area (Å²) in [7, 11) is 0. The number of anilines is 2. The molecule has 7 nitrogen and oxygen atoms in total. The van der Waals surface area contributed by atoms with Crippen LogP contribution in [0.15, 0.2) is 58.6 Å². The van der Waals surface area contributed by atoms with Gasteiger partial charge in [-0.25, -0.2) is 4.98 Å². The van der Waals surface area contributed by atoms with E-state index in [1.165, 1.54) is 24.0 Å². The number of rotatable bonds is 6. The van der Waals surface area contributed by atoms with Crippen molar-refractivity contribution in [2.45, 2.75) is 30.7 Å². The topological polar surface area (TPSA) is 103 Å². The molecule has 0 aliphatic heterocycles. The van der Waals surface area contributed by atoms with E-state index in [0.717, 1.165) is 11.3 Å². The highest BCUT2D eigenvalue weighted by atomic mass is 35.5. The van der Waals surface area contributed by atoms with E-state index in [9.17, 15) is 9.59 Å². The lowest BCUT2D eigenvalue weighted by Crippen LogP contribution is -2.26. The number of carbonyl (C=O) groups is 1. The van der Waals surface area contributed by atoms with Crippen LogP contribution in [0.3, 0.4) is 0 Å². The van der Waals surface area contributed by atoms with Crippen LogP contribution in [0, 0.1) is 6.92 Å². The van der Waals surface area contributed by atoms with Crippen LogP contribution in [-0.4, -0.2) is 25.7 Å². The van der Waals surface area contributed by atoms with E-state index < -0.39 is 10.8 Å². The monoisotopic (exact) mass is 429 g/mol. The highest BCUT2D eigenvalue weighted by Crippen LogP contribution is 2.28. The molecule has 0 bridgehead atoms. The van der Waals surface area contributed by atoms with Crippen LogP contribution in [0.5, 0.6) is 0 Å². The molecule has 0 aliphatic rings. The number of amides is 1. The molecule has 0 radical (unpaired) electrons. The first-order valence-corrected chi connectivity index (χ1v) is 10.2. The number of hydrogen-bond acceptors (Lipinski definition) is 6.